The summed E-state index contributed by atoms with van der Waals surface area (Å²) in [5.41, 5.74) is 0.755. The van der Waals surface area contributed by atoms with Gasteiger partial charge in [0.05, 0.1) is 11.2 Å². The number of hydrogen-bond acceptors (Lipinski definition) is 3. The van der Waals surface area contributed by atoms with Gasteiger partial charge in [-0.25, -0.2) is 8.78 Å². The number of rotatable bonds is 3. The highest BCUT2D eigenvalue weighted by Crippen LogP contribution is 2.21. The molecular weight excluding hydrogens is 276 g/mol. The van der Waals surface area contributed by atoms with Crippen molar-refractivity contribution in [3.05, 3.63) is 70.3 Å². The standard InChI is InChI=1S/C15H11F2N3O/c16-12-4-3-11-9(6-13(21)20-15(11)14(12)17)7-19-10-2-1-5-18-8-10/h1-6,8,19H,7H2,(H,20,21). The van der Waals surface area contributed by atoms with Crippen molar-refractivity contribution in [2.24, 2.45) is 0 Å². The number of H-pyrrole nitrogens is 1. The Bertz CT molecular complexity index is 847. The lowest BCUT2D eigenvalue weighted by Crippen LogP contribution is -2.11. The summed E-state index contributed by atoms with van der Waals surface area (Å²) in [6.45, 7) is 0.303. The highest BCUT2D eigenvalue weighted by Gasteiger charge is 2.11. The Balaban J connectivity index is 2.02. The van der Waals surface area contributed by atoms with Gasteiger partial charge < -0.3 is 10.3 Å². The van der Waals surface area contributed by atoms with Crippen molar-refractivity contribution < 1.29 is 8.78 Å². The zero-order valence-corrected chi connectivity index (χ0v) is 10.9. The van der Waals surface area contributed by atoms with E-state index in [1.807, 2.05) is 6.07 Å². The van der Waals surface area contributed by atoms with Crippen LogP contribution in [0, 0.1) is 11.6 Å². The summed E-state index contributed by atoms with van der Waals surface area (Å²) in [5, 5.41) is 3.55. The number of aromatic nitrogens is 2. The maximum absolute atomic E-state index is 13.7. The SMILES string of the molecule is O=c1cc(CNc2cccnc2)c2ccc(F)c(F)c2[nH]1. The molecular formula is C15H11F2N3O. The molecule has 0 unspecified atom stereocenters. The molecule has 0 saturated carbocycles. The average Bonchev–Trinajstić information content (AvgIpc) is 2.50. The van der Waals surface area contributed by atoms with Crippen LogP contribution in [-0.2, 0) is 6.54 Å². The predicted octanol–water partition coefficient (Wildman–Crippen LogP) is 2.81. The molecule has 0 radical (unpaired) electrons. The number of aromatic amines is 1. The summed E-state index contributed by atoms with van der Waals surface area (Å²) in [4.78, 5) is 17.9. The highest BCUT2D eigenvalue weighted by atomic mass is 19.2. The zero-order valence-electron chi connectivity index (χ0n) is 10.9. The molecule has 0 spiro atoms. The molecule has 3 rings (SSSR count). The molecule has 106 valence electrons. The smallest absolute Gasteiger partial charge is 0.248 e. The van der Waals surface area contributed by atoms with E-state index >= 15 is 0 Å². The zero-order chi connectivity index (χ0) is 14.8. The molecule has 0 atom stereocenters. The van der Waals surface area contributed by atoms with Gasteiger partial charge in [0.2, 0.25) is 5.56 Å². The summed E-state index contributed by atoms with van der Waals surface area (Å²) in [5.74, 6) is -2.04. The van der Waals surface area contributed by atoms with Crippen LogP contribution in [0.5, 0.6) is 0 Å². The van der Waals surface area contributed by atoms with E-state index in [-0.39, 0.29) is 5.52 Å². The molecule has 0 amide bonds. The molecule has 21 heavy (non-hydrogen) atoms. The molecule has 2 aromatic heterocycles. The second kappa shape index (κ2) is 5.32. The molecule has 4 nitrogen and oxygen atoms in total. The van der Waals surface area contributed by atoms with Gasteiger partial charge in [0.1, 0.15) is 0 Å². The van der Waals surface area contributed by atoms with E-state index in [4.69, 9.17) is 0 Å². The van der Waals surface area contributed by atoms with E-state index < -0.39 is 17.2 Å². The Labute approximate surface area is 118 Å². The van der Waals surface area contributed by atoms with Crippen LogP contribution in [0.2, 0.25) is 0 Å². The summed E-state index contributed by atoms with van der Waals surface area (Å²) < 4.78 is 27.0. The topological polar surface area (TPSA) is 57.8 Å². The molecule has 1 aromatic carbocycles. The molecule has 0 aliphatic carbocycles. The number of fused-ring (bicyclic) bond motifs is 1. The Morgan fingerprint density at radius 1 is 1.24 bits per heavy atom. The fraction of sp³-hybridized carbons (Fsp3) is 0.0667. The molecule has 3 aromatic rings. The van der Waals surface area contributed by atoms with Gasteiger partial charge in [-0.15, -0.1) is 0 Å². The van der Waals surface area contributed by atoms with Crippen LogP contribution in [0.1, 0.15) is 5.56 Å². The molecule has 0 aliphatic rings. The third kappa shape index (κ3) is 2.60. The summed E-state index contributed by atoms with van der Waals surface area (Å²) in [6.07, 6.45) is 3.28. The maximum atomic E-state index is 13.7. The van der Waals surface area contributed by atoms with Crippen LogP contribution >= 0.6 is 0 Å². The largest absolute Gasteiger partial charge is 0.380 e. The molecule has 0 fully saturated rings. The lowest BCUT2D eigenvalue weighted by molar-refractivity contribution is 0.515. The van der Waals surface area contributed by atoms with Crippen molar-refractivity contribution in [3.63, 3.8) is 0 Å². The van der Waals surface area contributed by atoms with Gasteiger partial charge in [0.25, 0.3) is 0 Å². The highest BCUT2D eigenvalue weighted by molar-refractivity contribution is 5.82. The first-order valence-electron chi connectivity index (χ1n) is 6.29. The van der Waals surface area contributed by atoms with Crippen molar-refractivity contribution in [3.8, 4) is 0 Å². The van der Waals surface area contributed by atoms with Crippen LogP contribution in [0.25, 0.3) is 10.9 Å². The van der Waals surface area contributed by atoms with Gasteiger partial charge in [0, 0.05) is 30.4 Å². The fourth-order valence-corrected chi connectivity index (χ4v) is 2.15. The van der Waals surface area contributed by atoms with E-state index in [0.29, 0.717) is 17.5 Å². The number of pyridine rings is 2. The average molecular weight is 287 g/mol. The maximum Gasteiger partial charge on any atom is 0.248 e. The van der Waals surface area contributed by atoms with E-state index in [9.17, 15) is 13.6 Å². The number of nitrogens with zero attached hydrogens (tertiary/aromatic N) is 1. The first-order valence-corrected chi connectivity index (χ1v) is 6.29. The van der Waals surface area contributed by atoms with Gasteiger partial charge in [-0.2, -0.15) is 0 Å². The van der Waals surface area contributed by atoms with Crippen LogP contribution in [0.3, 0.4) is 0 Å². The second-order valence-electron chi connectivity index (χ2n) is 4.54. The predicted molar refractivity (Wildman–Crippen MR) is 76.0 cm³/mol. The number of hydrogen-bond donors (Lipinski definition) is 2. The van der Waals surface area contributed by atoms with Crippen LogP contribution in [0.15, 0.2) is 47.5 Å². The van der Waals surface area contributed by atoms with Crippen LogP contribution < -0.4 is 10.9 Å². The van der Waals surface area contributed by atoms with E-state index in [2.05, 4.69) is 15.3 Å². The molecule has 0 aliphatic heterocycles. The van der Waals surface area contributed by atoms with Crippen molar-refractivity contribution in [1.82, 2.24) is 9.97 Å². The van der Waals surface area contributed by atoms with E-state index in [1.165, 1.54) is 12.1 Å². The van der Waals surface area contributed by atoms with E-state index in [0.717, 1.165) is 11.8 Å². The van der Waals surface area contributed by atoms with Crippen molar-refractivity contribution in [1.29, 1.82) is 0 Å². The van der Waals surface area contributed by atoms with E-state index in [1.54, 1.807) is 18.5 Å². The number of halogens is 2. The van der Waals surface area contributed by atoms with Gasteiger partial charge >= 0.3 is 0 Å². The molecule has 0 saturated heterocycles. The number of benzene rings is 1. The van der Waals surface area contributed by atoms with Gasteiger partial charge in [-0.1, -0.05) is 0 Å². The Kier molecular flexibility index (Phi) is 3.35. The lowest BCUT2D eigenvalue weighted by atomic mass is 10.1. The van der Waals surface area contributed by atoms with Crippen molar-refractivity contribution in [2.75, 3.05) is 5.32 Å². The second-order valence-corrected chi connectivity index (χ2v) is 4.54. The minimum Gasteiger partial charge on any atom is -0.380 e. The summed E-state index contributed by atoms with van der Waals surface area (Å²) >= 11 is 0. The minimum atomic E-state index is -1.05. The fourth-order valence-electron chi connectivity index (χ4n) is 2.15. The monoisotopic (exact) mass is 287 g/mol. The Hall–Kier alpha value is -2.76. The first-order chi connectivity index (χ1) is 10.1. The third-order valence-corrected chi connectivity index (χ3v) is 3.14. The third-order valence-electron chi connectivity index (χ3n) is 3.14. The van der Waals surface area contributed by atoms with Crippen LogP contribution in [-0.4, -0.2) is 9.97 Å². The van der Waals surface area contributed by atoms with Crippen molar-refractivity contribution >= 4 is 16.6 Å². The Morgan fingerprint density at radius 2 is 2.10 bits per heavy atom. The number of anilines is 1. The first kappa shape index (κ1) is 13.2. The summed E-state index contributed by atoms with van der Waals surface area (Å²) in [6, 6.07) is 7.45. The molecule has 0 bridgehead atoms. The molecule has 2 heterocycles. The minimum absolute atomic E-state index is 0.120. The van der Waals surface area contributed by atoms with Crippen molar-refractivity contribution in [2.45, 2.75) is 6.54 Å². The molecule has 2 N–H and O–H groups in total. The molecule has 6 heteroatoms. The van der Waals surface area contributed by atoms with Crippen LogP contribution in [0.4, 0.5) is 14.5 Å². The quantitative estimate of drug-likeness (QED) is 0.778. The van der Waals surface area contributed by atoms with Gasteiger partial charge in [-0.3, -0.25) is 9.78 Å². The van der Waals surface area contributed by atoms with Gasteiger partial charge in [0.15, 0.2) is 11.6 Å². The van der Waals surface area contributed by atoms with Gasteiger partial charge in [-0.05, 0) is 29.8 Å². The normalized spacial score (nSPS) is 10.8. The number of nitrogens with one attached hydrogen (secondary N) is 2. The summed E-state index contributed by atoms with van der Waals surface area (Å²) in [7, 11) is 0. The Morgan fingerprint density at radius 3 is 2.86 bits per heavy atom. The lowest BCUT2D eigenvalue weighted by Gasteiger charge is -2.09.